The minimum Gasteiger partial charge on any atom is -0.486 e. The maximum absolute atomic E-state index is 5.94. The van der Waals surface area contributed by atoms with Gasteiger partial charge in [-0.2, -0.15) is 0 Å². The summed E-state index contributed by atoms with van der Waals surface area (Å²) in [5, 5.41) is 6.56. The first-order valence-corrected chi connectivity index (χ1v) is 9.01. The van der Waals surface area contributed by atoms with Crippen LogP contribution in [0.4, 0.5) is 0 Å². The molecule has 7 heteroatoms. The molecule has 1 atom stereocenters. The molecule has 0 amide bonds. The maximum Gasteiger partial charge on any atom is 0.191 e. The van der Waals surface area contributed by atoms with Gasteiger partial charge in [0.25, 0.3) is 0 Å². The summed E-state index contributed by atoms with van der Waals surface area (Å²) >= 11 is 7.54. The van der Waals surface area contributed by atoms with E-state index < -0.39 is 0 Å². The second kappa shape index (κ2) is 8.26. The fraction of sp³-hybridized carbons (Fsp3) is 0.353. The highest BCUT2D eigenvalue weighted by Crippen LogP contribution is 2.30. The van der Waals surface area contributed by atoms with Crippen LogP contribution in [0.1, 0.15) is 4.88 Å². The van der Waals surface area contributed by atoms with Crippen LogP contribution in [0.5, 0.6) is 11.5 Å². The summed E-state index contributed by atoms with van der Waals surface area (Å²) in [6.45, 7) is 1.94. The van der Waals surface area contributed by atoms with Crippen LogP contribution in [-0.4, -0.2) is 38.8 Å². The van der Waals surface area contributed by atoms with Gasteiger partial charge in [0.1, 0.15) is 12.7 Å². The number of ether oxygens (including phenoxy) is 2. The Morgan fingerprint density at radius 3 is 2.83 bits per heavy atom. The van der Waals surface area contributed by atoms with Gasteiger partial charge in [0.05, 0.1) is 10.9 Å². The summed E-state index contributed by atoms with van der Waals surface area (Å²) in [5.74, 6) is 2.33. The van der Waals surface area contributed by atoms with Gasteiger partial charge >= 0.3 is 0 Å². The Kier molecular flexibility index (Phi) is 5.82. The van der Waals surface area contributed by atoms with E-state index in [1.165, 1.54) is 4.88 Å². The number of fused-ring (bicyclic) bond motifs is 1. The minimum atomic E-state index is -0.0467. The molecule has 3 rings (SSSR count). The molecule has 0 aliphatic carbocycles. The smallest absolute Gasteiger partial charge is 0.191 e. The zero-order valence-corrected chi connectivity index (χ0v) is 15.0. The van der Waals surface area contributed by atoms with E-state index in [9.17, 15) is 0 Å². The second-order valence-electron chi connectivity index (χ2n) is 5.33. The van der Waals surface area contributed by atoms with Gasteiger partial charge in [-0.15, -0.1) is 11.3 Å². The number of rotatable bonds is 5. The van der Waals surface area contributed by atoms with Crippen molar-refractivity contribution in [2.24, 2.45) is 4.99 Å². The molecule has 1 unspecified atom stereocenters. The van der Waals surface area contributed by atoms with Crippen molar-refractivity contribution in [3.63, 3.8) is 0 Å². The number of nitrogens with one attached hydrogen (secondary N) is 2. The minimum absolute atomic E-state index is 0.0467. The van der Waals surface area contributed by atoms with Crippen LogP contribution in [-0.2, 0) is 6.42 Å². The van der Waals surface area contributed by atoms with Crippen LogP contribution < -0.4 is 20.1 Å². The van der Waals surface area contributed by atoms with E-state index in [1.807, 2.05) is 30.3 Å². The summed E-state index contributed by atoms with van der Waals surface area (Å²) in [6, 6.07) is 11.7. The number of hydrogen-bond acceptors (Lipinski definition) is 4. The van der Waals surface area contributed by atoms with Crippen molar-refractivity contribution in [3.8, 4) is 11.5 Å². The first kappa shape index (κ1) is 16.9. The Balaban J connectivity index is 1.41. The van der Waals surface area contributed by atoms with Crippen LogP contribution in [0.25, 0.3) is 0 Å². The summed E-state index contributed by atoms with van der Waals surface area (Å²) in [6.07, 6.45) is 0.865. The average Bonchev–Trinajstić information content (AvgIpc) is 3.03. The van der Waals surface area contributed by atoms with Crippen LogP contribution >= 0.6 is 22.9 Å². The van der Waals surface area contributed by atoms with E-state index in [0.29, 0.717) is 13.2 Å². The second-order valence-corrected chi connectivity index (χ2v) is 7.13. The van der Waals surface area contributed by atoms with Crippen molar-refractivity contribution in [2.75, 3.05) is 26.7 Å². The molecule has 0 saturated carbocycles. The van der Waals surface area contributed by atoms with Gasteiger partial charge < -0.3 is 20.1 Å². The molecule has 1 aromatic heterocycles. The lowest BCUT2D eigenvalue weighted by Gasteiger charge is -2.27. The highest BCUT2D eigenvalue weighted by molar-refractivity contribution is 7.16. The molecule has 128 valence electrons. The normalized spacial score (nSPS) is 16.8. The fourth-order valence-electron chi connectivity index (χ4n) is 2.39. The third-order valence-corrected chi connectivity index (χ3v) is 4.87. The lowest BCUT2D eigenvalue weighted by atomic mass is 10.2. The molecule has 0 bridgehead atoms. The van der Waals surface area contributed by atoms with E-state index in [0.717, 1.165) is 34.8 Å². The molecule has 5 nitrogen and oxygen atoms in total. The standard InChI is InChI=1S/C17H20ClN3O2S/c1-19-17(20-9-8-13-6-7-16(18)24-13)21-10-12-11-22-14-4-2-3-5-15(14)23-12/h2-7,12H,8-11H2,1H3,(H2,19,20,21). The third-order valence-electron chi connectivity index (χ3n) is 3.58. The summed E-state index contributed by atoms with van der Waals surface area (Å²) in [5.41, 5.74) is 0. The Morgan fingerprint density at radius 2 is 2.08 bits per heavy atom. The van der Waals surface area contributed by atoms with Crippen LogP contribution in [0, 0.1) is 0 Å². The molecule has 24 heavy (non-hydrogen) atoms. The van der Waals surface area contributed by atoms with Crippen LogP contribution in [0.2, 0.25) is 4.34 Å². The Morgan fingerprint density at radius 1 is 1.25 bits per heavy atom. The Labute approximate surface area is 150 Å². The van der Waals surface area contributed by atoms with Gasteiger partial charge in [-0.25, -0.2) is 0 Å². The highest BCUT2D eigenvalue weighted by atomic mass is 35.5. The van der Waals surface area contributed by atoms with Gasteiger partial charge in [-0.05, 0) is 30.7 Å². The lowest BCUT2D eigenvalue weighted by Crippen LogP contribution is -2.45. The molecule has 2 N–H and O–H groups in total. The highest BCUT2D eigenvalue weighted by Gasteiger charge is 2.20. The fourth-order valence-corrected chi connectivity index (χ4v) is 3.47. The molecule has 0 radical (unpaired) electrons. The molecule has 1 aliphatic rings. The molecular formula is C17H20ClN3O2S. The number of hydrogen-bond donors (Lipinski definition) is 2. The maximum atomic E-state index is 5.94. The van der Waals surface area contributed by atoms with E-state index in [4.69, 9.17) is 21.1 Å². The first-order valence-electron chi connectivity index (χ1n) is 7.82. The van der Waals surface area contributed by atoms with Gasteiger partial charge in [0.2, 0.25) is 0 Å². The van der Waals surface area contributed by atoms with Crippen LogP contribution in [0.3, 0.4) is 0 Å². The topological polar surface area (TPSA) is 54.9 Å². The molecule has 1 aliphatic heterocycles. The molecule has 1 aromatic carbocycles. The number of thiophene rings is 1. The zero-order chi connectivity index (χ0) is 16.8. The quantitative estimate of drug-likeness (QED) is 0.632. The molecule has 2 heterocycles. The largest absolute Gasteiger partial charge is 0.486 e. The molecule has 0 spiro atoms. The molecule has 0 fully saturated rings. The number of benzene rings is 1. The number of halogens is 1. The van der Waals surface area contributed by atoms with Crippen LogP contribution in [0.15, 0.2) is 41.4 Å². The molecule has 2 aromatic rings. The number of aliphatic imine (C=N–C) groups is 1. The van der Waals surface area contributed by atoms with E-state index in [-0.39, 0.29) is 6.10 Å². The summed E-state index contributed by atoms with van der Waals surface area (Å²) < 4.78 is 12.4. The van der Waals surface area contributed by atoms with Gasteiger partial charge in [0.15, 0.2) is 17.5 Å². The molecule has 0 saturated heterocycles. The van der Waals surface area contributed by atoms with Crippen molar-refractivity contribution in [1.29, 1.82) is 0 Å². The number of guanidine groups is 1. The first-order chi connectivity index (χ1) is 11.7. The van der Waals surface area contributed by atoms with Crippen molar-refractivity contribution in [3.05, 3.63) is 45.6 Å². The van der Waals surface area contributed by atoms with Gasteiger partial charge in [0, 0.05) is 18.5 Å². The molecular weight excluding hydrogens is 346 g/mol. The number of nitrogens with zero attached hydrogens (tertiary/aromatic N) is 1. The summed E-state index contributed by atoms with van der Waals surface area (Å²) in [4.78, 5) is 5.48. The van der Waals surface area contributed by atoms with Gasteiger partial charge in [-0.1, -0.05) is 23.7 Å². The van der Waals surface area contributed by atoms with Gasteiger partial charge in [-0.3, -0.25) is 4.99 Å². The zero-order valence-electron chi connectivity index (χ0n) is 13.4. The lowest BCUT2D eigenvalue weighted by molar-refractivity contribution is 0.0936. The van der Waals surface area contributed by atoms with Crippen molar-refractivity contribution in [2.45, 2.75) is 12.5 Å². The SMILES string of the molecule is CN=C(NCCc1ccc(Cl)s1)NCC1COc2ccccc2O1. The average molecular weight is 366 g/mol. The van der Waals surface area contributed by atoms with E-state index in [1.54, 1.807) is 18.4 Å². The predicted octanol–water partition coefficient (Wildman–Crippen LogP) is 2.95. The predicted molar refractivity (Wildman–Crippen MR) is 98.8 cm³/mol. The third kappa shape index (κ3) is 4.55. The van der Waals surface area contributed by atoms with Crippen molar-refractivity contribution < 1.29 is 9.47 Å². The van der Waals surface area contributed by atoms with Crippen molar-refractivity contribution >= 4 is 28.9 Å². The van der Waals surface area contributed by atoms with E-state index in [2.05, 4.69) is 21.7 Å². The Bertz CT molecular complexity index is 705. The van der Waals surface area contributed by atoms with Crippen molar-refractivity contribution in [1.82, 2.24) is 10.6 Å². The monoisotopic (exact) mass is 365 g/mol. The number of para-hydroxylation sites is 2. The summed E-state index contributed by atoms with van der Waals surface area (Å²) in [7, 11) is 1.75. The van der Waals surface area contributed by atoms with E-state index >= 15 is 0 Å². The Hall–Kier alpha value is -1.92.